The lowest BCUT2D eigenvalue weighted by atomic mass is 9.98. The van der Waals surface area contributed by atoms with Crippen molar-refractivity contribution in [2.45, 2.75) is 6.18 Å². The van der Waals surface area contributed by atoms with Crippen molar-refractivity contribution in [3.05, 3.63) is 71.4 Å². The van der Waals surface area contributed by atoms with Gasteiger partial charge in [0, 0.05) is 16.7 Å². The number of hydrogen-bond donors (Lipinski definition) is 1. The van der Waals surface area contributed by atoms with Crippen LogP contribution in [0.1, 0.15) is 5.69 Å². The molecule has 0 fully saturated rings. The lowest BCUT2D eigenvalue weighted by Gasteiger charge is -2.16. The molecule has 0 saturated carbocycles. The van der Waals surface area contributed by atoms with Crippen LogP contribution in [0, 0.1) is 23.3 Å². The fourth-order valence-corrected chi connectivity index (χ4v) is 2.53. The molecule has 0 aliphatic rings. The largest absolute Gasteiger partial charge is 0.433 e. The molecule has 0 radical (unpaired) electrons. The van der Waals surface area contributed by atoms with Gasteiger partial charge in [-0.25, -0.2) is 22.5 Å². The molecule has 0 saturated heterocycles. The minimum atomic E-state index is -5.00. The van der Waals surface area contributed by atoms with E-state index < -0.39 is 63.2 Å². The third-order valence-corrected chi connectivity index (χ3v) is 3.80. The Kier molecular flexibility index (Phi) is 4.54. The summed E-state index contributed by atoms with van der Waals surface area (Å²) in [5.74, 6) is -5.55. The van der Waals surface area contributed by atoms with Gasteiger partial charge in [-0.3, -0.25) is 0 Å². The van der Waals surface area contributed by atoms with Gasteiger partial charge in [0.25, 0.3) is 0 Å². The fraction of sp³-hybridized carbons (Fsp3) is 0.0556. The van der Waals surface area contributed by atoms with Crippen molar-refractivity contribution < 1.29 is 30.7 Å². The minimum absolute atomic E-state index is 0.424. The average molecular weight is 386 g/mol. The number of anilines is 1. The van der Waals surface area contributed by atoms with Crippen LogP contribution >= 0.6 is 0 Å². The van der Waals surface area contributed by atoms with E-state index in [0.29, 0.717) is 6.07 Å². The Bertz CT molecular complexity index is 956. The number of alkyl halides is 3. The molecule has 9 heteroatoms. The zero-order valence-electron chi connectivity index (χ0n) is 13.2. The lowest BCUT2D eigenvalue weighted by molar-refractivity contribution is -0.141. The van der Waals surface area contributed by atoms with Crippen molar-refractivity contribution in [3.63, 3.8) is 0 Å². The van der Waals surface area contributed by atoms with Crippen LogP contribution in [0.2, 0.25) is 0 Å². The summed E-state index contributed by atoms with van der Waals surface area (Å²) in [6, 6.07) is 6.07. The topological polar surface area (TPSA) is 38.9 Å². The van der Waals surface area contributed by atoms with Crippen molar-refractivity contribution in [1.29, 1.82) is 0 Å². The summed E-state index contributed by atoms with van der Waals surface area (Å²) in [6.07, 6.45) is -5.00. The SMILES string of the molecule is Nc1c(-c2cccc(F)c2F)cc(C(F)(F)F)nc1-c1cccc(F)c1F. The second-order valence-electron chi connectivity index (χ2n) is 5.52. The predicted octanol–water partition coefficient (Wildman–Crippen LogP) is 5.57. The smallest absolute Gasteiger partial charge is 0.396 e. The standard InChI is InChI=1S/C18H9F7N2/c19-11-5-1-3-8(14(11)21)10-7-13(18(23,24)25)27-17(16(10)26)9-4-2-6-12(20)15(9)22/h1-7H,26H2. The molecule has 0 bridgehead atoms. The average Bonchev–Trinajstić information content (AvgIpc) is 2.59. The monoisotopic (exact) mass is 386 g/mol. The van der Waals surface area contributed by atoms with Crippen molar-refractivity contribution in [3.8, 4) is 22.4 Å². The molecular weight excluding hydrogens is 377 g/mol. The number of nitrogen functional groups attached to an aromatic ring is 1. The van der Waals surface area contributed by atoms with E-state index in [4.69, 9.17) is 5.73 Å². The molecule has 3 rings (SSSR count). The van der Waals surface area contributed by atoms with Gasteiger partial charge in [0.15, 0.2) is 23.3 Å². The van der Waals surface area contributed by atoms with Crippen LogP contribution in [0.15, 0.2) is 42.5 Å². The van der Waals surface area contributed by atoms with Crippen molar-refractivity contribution in [1.82, 2.24) is 4.98 Å². The van der Waals surface area contributed by atoms with Crippen molar-refractivity contribution >= 4 is 5.69 Å². The summed E-state index contributed by atoms with van der Waals surface area (Å²) in [7, 11) is 0. The maximum absolute atomic E-state index is 14.1. The predicted molar refractivity (Wildman–Crippen MR) is 84.4 cm³/mol. The molecule has 0 unspecified atom stereocenters. The number of hydrogen-bond acceptors (Lipinski definition) is 2. The Morgan fingerprint density at radius 3 is 1.81 bits per heavy atom. The second-order valence-corrected chi connectivity index (χ2v) is 5.52. The molecule has 0 amide bonds. The number of nitrogens with zero attached hydrogens (tertiary/aromatic N) is 1. The molecule has 1 heterocycles. The zero-order valence-corrected chi connectivity index (χ0v) is 13.2. The summed E-state index contributed by atoms with van der Waals surface area (Å²) in [6.45, 7) is 0. The maximum atomic E-state index is 14.1. The highest BCUT2D eigenvalue weighted by molar-refractivity contribution is 5.87. The molecule has 140 valence electrons. The van der Waals surface area contributed by atoms with E-state index in [2.05, 4.69) is 4.98 Å². The highest BCUT2D eigenvalue weighted by Gasteiger charge is 2.35. The number of pyridine rings is 1. The second kappa shape index (κ2) is 6.57. The zero-order chi connectivity index (χ0) is 19.9. The number of halogens is 7. The van der Waals surface area contributed by atoms with E-state index >= 15 is 0 Å². The molecule has 0 atom stereocenters. The third-order valence-electron chi connectivity index (χ3n) is 3.80. The maximum Gasteiger partial charge on any atom is 0.433 e. The van der Waals surface area contributed by atoms with E-state index in [0.717, 1.165) is 36.4 Å². The minimum Gasteiger partial charge on any atom is -0.396 e. The normalized spacial score (nSPS) is 11.7. The van der Waals surface area contributed by atoms with Gasteiger partial charge in [-0.2, -0.15) is 13.2 Å². The molecule has 27 heavy (non-hydrogen) atoms. The van der Waals surface area contributed by atoms with Crippen LogP contribution in [0.25, 0.3) is 22.4 Å². The molecule has 0 aliphatic heterocycles. The summed E-state index contributed by atoms with van der Waals surface area (Å²) in [5, 5.41) is 0. The molecule has 1 aromatic heterocycles. The molecular formula is C18H9F7N2. The van der Waals surface area contributed by atoms with Crippen LogP contribution in [0.3, 0.4) is 0 Å². The molecule has 2 aromatic carbocycles. The van der Waals surface area contributed by atoms with Gasteiger partial charge in [0.05, 0.1) is 11.4 Å². The van der Waals surface area contributed by atoms with Crippen molar-refractivity contribution in [2.24, 2.45) is 0 Å². The highest BCUT2D eigenvalue weighted by atomic mass is 19.4. The molecule has 0 spiro atoms. The number of benzene rings is 2. The number of nitrogens with two attached hydrogens (primary N) is 1. The summed E-state index contributed by atoms with van der Waals surface area (Å²) >= 11 is 0. The van der Waals surface area contributed by atoms with Crippen LogP contribution in [-0.2, 0) is 6.18 Å². The van der Waals surface area contributed by atoms with E-state index in [-0.39, 0.29) is 0 Å². The molecule has 0 aliphatic carbocycles. The Labute approximate surface area is 148 Å². The summed E-state index contributed by atoms with van der Waals surface area (Å²) < 4.78 is 94.9. The fourth-order valence-electron chi connectivity index (χ4n) is 2.53. The van der Waals surface area contributed by atoms with E-state index in [9.17, 15) is 30.7 Å². The molecule has 2 nitrogen and oxygen atoms in total. The highest BCUT2D eigenvalue weighted by Crippen LogP contribution is 2.40. The van der Waals surface area contributed by atoms with E-state index in [1.54, 1.807) is 0 Å². The Morgan fingerprint density at radius 1 is 0.741 bits per heavy atom. The van der Waals surface area contributed by atoms with Gasteiger partial charge in [-0.05, 0) is 24.3 Å². The summed E-state index contributed by atoms with van der Waals surface area (Å²) in [4.78, 5) is 3.28. The Morgan fingerprint density at radius 2 is 1.26 bits per heavy atom. The number of aromatic nitrogens is 1. The first kappa shape index (κ1) is 18.7. The first-order valence-electron chi connectivity index (χ1n) is 7.37. The van der Waals surface area contributed by atoms with Gasteiger partial charge in [0.1, 0.15) is 5.69 Å². The van der Waals surface area contributed by atoms with Gasteiger partial charge < -0.3 is 5.73 Å². The van der Waals surface area contributed by atoms with Crippen LogP contribution < -0.4 is 5.73 Å². The van der Waals surface area contributed by atoms with Crippen LogP contribution in [0.5, 0.6) is 0 Å². The first-order valence-corrected chi connectivity index (χ1v) is 7.37. The van der Waals surface area contributed by atoms with E-state index in [1.807, 2.05) is 0 Å². The summed E-state index contributed by atoms with van der Waals surface area (Å²) in [5.41, 5.74) is 1.21. The Hall–Kier alpha value is -3.10. The van der Waals surface area contributed by atoms with Gasteiger partial charge in [-0.15, -0.1) is 0 Å². The van der Waals surface area contributed by atoms with Crippen LogP contribution in [-0.4, -0.2) is 4.98 Å². The van der Waals surface area contributed by atoms with Gasteiger partial charge in [0.2, 0.25) is 0 Å². The van der Waals surface area contributed by atoms with Gasteiger partial charge >= 0.3 is 6.18 Å². The first-order chi connectivity index (χ1) is 12.6. The Balaban J connectivity index is 2.39. The van der Waals surface area contributed by atoms with Crippen LogP contribution in [0.4, 0.5) is 36.4 Å². The quantitative estimate of drug-likeness (QED) is 0.585. The lowest BCUT2D eigenvalue weighted by Crippen LogP contribution is -2.12. The number of rotatable bonds is 2. The van der Waals surface area contributed by atoms with Gasteiger partial charge in [-0.1, -0.05) is 18.2 Å². The van der Waals surface area contributed by atoms with E-state index in [1.165, 1.54) is 0 Å². The molecule has 2 N–H and O–H groups in total. The molecule has 3 aromatic rings. The third kappa shape index (κ3) is 3.32. The van der Waals surface area contributed by atoms with Crippen molar-refractivity contribution in [2.75, 3.05) is 5.73 Å².